The molecule has 0 fully saturated rings. The van der Waals surface area contributed by atoms with E-state index >= 15 is 0 Å². The Bertz CT molecular complexity index is 706. The van der Waals surface area contributed by atoms with Crippen molar-refractivity contribution in [2.24, 2.45) is 5.84 Å². The third-order valence-corrected chi connectivity index (χ3v) is 3.44. The van der Waals surface area contributed by atoms with Crippen molar-refractivity contribution in [3.05, 3.63) is 44.0 Å². The van der Waals surface area contributed by atoms with Crippen molar-refractivity contribution in [2.45, 2.75) is 13.8 Å². The fraction of sp³-hybridized carbons (Fsp3) is 0.167. The Labute approximate surface area is 129 Å². The Balaban J connectivity index is 2.54. The number of aryl methyl sites for hydroxylation is 2. The van der Waals surface area contributed by atoms with Crippen LogP contribution in [-0.4, -0.2) is 14.9 Å². The van der Waals surface area contributed by atoms with Gasteiger partial charge in [-0.1, -0.05) is 6.07 Å². The first kappa shape index (κ1) is 15.1. The van der Waals surface area contributed by atoms with E-state index in [9.17, 15) is 10.1 Å². The Kier molecular flexibility index (Phi) is 4.34. The molecule has 110 valence electrons. The fourth-order valence-electron chi connectivity index (χ4n) is 1.80. The van der Waals surface area contributed by atoms with Gasteiger partial charge in [0.2, 0.25) is 11.8 Å². The molecule has 21 heavy (non-hydrogen) atoms. The molecule has 2 rings (SSSR count). The number of hydrogen-bond donors (Lipinski definition) is 3. The van der Waals surface area contributed by atoms with Gasteiger partial charge in [0.1, 0.15) is 5.69 Å². The van der Waals surface area contributed by atoms with Crippen molar-refractivity contribution in [2.75, 3.05) is 10.7 Å². The predicted molar refractivity (Wildman–Crippen MR) is 83.4 cm³/mol. The maximum absolute atomic E-state index is 11.2. The molecule has 1 aromatic carbocycles. The number of nitro groups is 1. The van der Waals surface area contributed by atoms with E-state index in [1.54, 1.807) is 0 Å². The molecule has 9 heteroatoms. The summed E-state index contributed by atoms with van der Waals surface area (Å²) in [7, 11) is 0. The molecule has 0 saturated carbocycles. The number of nitrogens with one attached hydrogen (secondary N) is 2. The highest BCUT2D eigenvalue weighted by Crippen LogP contribution is 2.32. The lowest BCUT2D eigenvalue weighted by Crippen LogP contribution is -2.13. The zero-order valence-electron chi connectivity index (χ0n) is 11.3. The van der Waals surface area contributed by atoms with Crippen LogP contribution in [0, 0.1) is 24.0 Å². The Morgan fingerprint density at radius 2 is 2.05 bits per heavy atom. The lowest BCUT2D eigenvalue weighted by molar-refractivity contribution is -0.385. The standard InChI is InChI=1S/C12H13BrN6O2/c1-6-3-4-8(13)9(5-6)16-11-10(19(20)21)7(2)15-12(17-11)18-14/h3-5H,14H2,1-2H3,(H2,15,16,17,18). The smallest absolute Gasteiger partial charge is 0.332 e. The second-order valence-corrected chi connectivity index (χ2v) is 5.19. The van der Waals surface area contributed by atoms with Gasteiger partial charge in [0.25, 0.3) is 0 Å². The maximum Gasteiger partial charge on any atom is 0.332 e. The van der Waals surface area contributed by atoms with E-state index in [4.69, 9.17) is 5.84 Å². The molecule has 0 unspecified atom stereocenters. The zero-order valence-corrected chi connectivity index (χ0v) is 12.9. The Morgan fingerprint density at radius 1 is 1.33 bits per heavy atom. The molecule has 0 atom stereocenters. The summed E-state index contributed by atoms with van der Waals surface area (Å²) in [5.41, 5.74) is 3.99. The second-order valence-electron chi connectivity index (χ2n) is 4.34. The van der Waals surface area contributed by atoms with E-state index in [0.717, 1.165) is 10.0 Å². The molecule has 0 bridgehead atoms. The van der Waals surface area contributed by atoms with Gasteiger partial charge in [-0.25, -0.2) is 10.8 Å². The molecule has 0 amide bonds. The van der Waals surface area contributed by atoms with Crippen LogP contribution < -0.4 is 16.6 Å². The van der Waals surface area contributed by atoms with Gasteiger partial charge < -0.3 is 5.32 Å². The molecule has 2 aromatic rings. The van der Waals surface area contributed by atoms with Crippen LogP contribution >= 0.6 is 15.9 Å². The van der Waals surface area contributed by atoms with Gasteiger partial charge in [-0.15, -0.1) is 0 Å². The van der Waals surface area contributed by atoms with Crippen LogP contribution in [0.2, 0.25) is 0 Å². The highest BCUT2D eigenvalue weighted by molar-refractivity contribution is 9.10. The summed E-state index contributed by atoms with van der Waals surface area (Å²) in [5.74, 6) is 5.46. The van der Waals surface area contributed by atoms with E-state index in [-0.39, 0.29) is 23.1 Å². The average molecular weight is 353 g/mol. The molecular formula is C12H13BrN6O2. The van der Waals surface area contributed by atoms with Crippen molar-refractivity contribution in [1.82, 2.24) is 9.97 Å². The number of hydrazine groups is 1. The molecule has 0 aliphatic heterocycles. The Morgan fingerprint density at radius 3 is 2.67 bits per heavy atom. The van der Waals surface area contributed by atoms with Crippen LogP contribution in [0.25, 0.3) is 0 Å². The van der Waals surface area contributed by atoms with E-state index in [2.05, 4.69) is 36.6 Å². The zero-order chi connectivity index (χ0) is 15.6. The third-order valence-electron chi connectivity index (χ3n) is 2.74. The first-order valence-corrected chi connectivity index (χ1v) is 6.74. The van der Waals surface area contributed by atoms with Gasteiger partial charge in [0.05, 0.1) is 10.6 Å². The van der Waals surface area contributed by atoms with Crippen molar-refractivity contribution in [1.29, 1.82) is 0 Å². The van der Waals surface area contributed by atoms with Crippen molar-refractivity contribution in [3.63, 3.8) is 0 Å². The van der Waals surface area contributed by atoms with Crippen molar-refractivity contribution in [3.8, 4) is 0 Å². The Hall–Kier alpha value is -2.26. The number of anilines is 3. The normalized spacial score (nSPS) is 10.3. The molecule has 4 N–H and O–H groups in total. The summed E-state index contributed by atoms with van der Waals surface area (Å²) in [5, 5.41) is 14.1. The van der Waals surface area contributed by atoms with Gasteiger partial charge in [-0.3, -0.25) is 15.5 Å². The fourth-order valence-corrected chi connectivity index (χ4v) is 2.15. The molecule has 0 spiro atoms. The summed E-state index contributed by atoms with van der Waals surface area (Å²) in [6.07, 6.45) is 0. The minimum absolute atomic E-state index is 0.0757. The summed E-state index contributed by atoms with van der Waals surface area (Å²) in [6.45, 7) is 3.45. The van der Waals surface area contributed by atoms with Crippen LogP contribution in [0.4, 0.5) is 23.1 Å². The van der Waals surface area contributed by atoms with Gasteiger partial charge >= 0.3 is 5.69 Å². The lowest BCUT2D eigenvalue weighted by atomic mass is 10.2. The summed E-state index contributed by atoms with van der Waals surface area (Å²) < 4.78 is 0.765. The van der Waals surface area contributed by atoms with Gasteiger partial charge in [0, 0.05) is 4.47 Å². The van der Waals surface area contributed by atoms with E-state index < -0.39 is 4.92 Å². The summed E-state index contributed by atoms with van der Waals surface area (Å²) >= 11 is 3.39. The molecular weight excluding hydrogens is 340 g/mol. The van der Waals surface area contributed by atoms with Crippen LogP contribution in [0.5, 0.6) is 0 Å². The van der Waals surface area contributed by atoms with Gasteiger partial charge in [-0.2, -0.15) is 4.98 Å². The number of halogens is 1. The molecule has 0 saturated heterocycles. The molecule has 0 aliphatic carbocycles. The van der Waals surface area contributed by atoms with Crippen LogP contribution in [0.3, 0.4) is 0 Å². The average Bonchev–Trinajstić information content (AvgIpc) is 2.41. The first-order chi connectivity index (χ1) is 9.92. The number of benzene rings is 1. The van der Waals surface area contributed by atoms with Crippen LogP contribution in [0.1, 0.15) is 11.3 Å². The number of nitrogen functional groups attached to an aromatic ring is 1. The van der Waals surface area contributed by atoms with Gasteiger partial charge in [-0.05, 0) is 47.5 Å². The number of rotatable bonds is 4. The molecule has 1 aromatic heterocycles. The highest BCUT2D eigenvalue weighted by atomic mass is 79.9. The summed E-state index contributed by atoms with van der Waals surface area (Å²) in [4.78, 5) is 18.6. The minimum atomic E-state index is -0.526. The highest BCUT2D eigenvalue weighted by Gasteiger charge is 2.22. The monoisotopic (exact) mass is 352 g/mol. The van der Waals surface area contributed by atoms with Crippen molar-refractivity contribution >= 4 is 39.1 Å². The largest absolute Gasteiger partial charge is 0.333 e. The lowest BCUT2D eigenvalue weighted by Gasteiger charge is -2.11. The van der Waals surface area contributed by atoms with E-state index in [0.29, 0.717) is 5.69 Å². The first-order valence-electron chi connectivity index (χ1n) is 5.95. The number of nitrogens with zero attached hydrogens (tertiary/aromatic N) is 3. The number of hydrogen-bond acceptors (Lipinski definition) is 7. The quantitative estimate of drug-likeness (QED) is 0.439. The van der Waals surface area contributed by atoms with E-state index in [1.165, 1.54) is 6.92 Å². The van der Waals surface area contributed by atoms with Crippen LogP contribution in [0.15, 0.2) is 22.7 Å². The second kappa shape index (κ2) is 6.02. The van der Waals surface area contributed by atoms with Crippen molar-refractivity contribution < 1.29 is 4.92 Å². The topological polar surface area (TPSA) is 119 Å². The minimum Gasteiger partial charge on any atom is -0.333 e. The maximum atomic E-state index is 11.2. The molecule has 0 aliphatic rings. The SMILES string of the molecule is Cc1ccc(Br)c(Nc2nc(NN)nc(C)c2[N+](=O)[O-])c1. The number of nitrogens with two attached hydrogens (primary N) is 1. The predicted octanol–water partition coefficient (Wildman–Crippen LogP) is 2.79. The third kappa shape index (κ3) is 3.26. The van der Waals surface area contributed by atoms with E-state index in [1.807, 2.05) is 25.1 Å². The number of aromatic nitrogens is 2. The molecule has 0 radical (unpaired) electrons. The molecule has 1 heterocycles. The summed E-state index contributed by atoms with van der Waals surface area (Å²) in [6, 6.07) is 5.61. The molecule has 8 nitrogen and oxygen atoms in total. The van der Waals surface area contributed by atoms with Gasteiger partial charge in [0.15, 0.2) is 0 Å². The van der Waals surface area contributed by atoms with Crippen LogP contribution in [-0.2, 0) is 0 Å².